The molecule has 0 aliphatic heterocycles. The summed E-state index contributed by atoms with van der Waals surface area (Å²) in [5.74, 6) is 0.148. The van der Waals surface area contributed by atoms with Crippen LogP contribution >= 0.6 is 15.9 Å². The fourth-order valence-electron chi connectivity index (χ4n) is 2.83. The predicted molar refractivity (Wildman–Crippen MR) is 89.1 cm³/mol. The van der Waals surface area contributed by atoms with Gasteiger partial charge in [0.2, 0.25) is 0 Å². The summed E-state index contributed by atoms with van der Waals surface area (Å²) in [6.45, 7) is 4.47. The number of rotatable bonds is 5. The molecule has 3 rings (SSSR count). The van der Waals surface area contributed by atoms with Crippen LogP contribution in [0.3, 0.4) is 0 Å². The molecular formula is C17H19BrN2O. The first kappa shape index (κ1) is 14.4. The smallest absolute Gasteiger partial charge is 0.183 e. The molecule has 110 valence electrons. The molecule has 1 saturated carbocycles. The second-order valence-electron chi connectivity index (χ2n) is 5.67. The van der Waals surface area contributed by atoms with Crippen LogP contribution < -0.4 is 5.32 Å². The van der Waals surface area contributed by atoms with E-state index in [4.69, 9.17) is 0 Å². The van der Waals surface area contributed by atoms with Gasteiger partial charge in [-0.25, -0.2) is 0 Å². The van der Waals surface area contributed by atoms with Crippen molar-refractivity contribution in [2.75, 3.05) is 11.9 Å². The van der Waals surface area contributed by atoms with Crippen LogP contribution in [0.5, 0.6) is 0 Å². The Balaban J connectivity index is 1.72. The van der Waals surface area contributed by atoms with Crippen molar-refractivity contribution in [3.63, 3.8) is 0 Å². The third kappa shape index (κ3) is 3.05. The van der Waals surface area contributed by atoms with Gasteiger partial charge in [-0.3, -0.25) is 4.79 Å². The number of nitrogens with one attached hydrogen (secondary N) is 1. The second kappa shape index (κ2) is 5.68. The normalized spacial score (nSPS) is 14.2. The van der Waals surface area contributed by atoms with Crippen molar-refractivity contribution in [3.05, 3.63) is 51.8 Å². The number of Topliss-reactive ketones (excluding diaryl/α,β-unsaturated/α-hetero) is 1. The molecule has 0 bridgehead atoms. The molecule has 0 saturated heterocycles. The molecule has 1 aliphatic carbocycles. The van der Waals surface area contributed by atoms with Gasteiger partial charge < -0.3 is 9.88 Å². The number of hydrogen-bond acceptors (Lipinski definition) is 2. The Hall–Kier alpha value is -1.55. The van der Waals surface area contributed by atoms with E-state index in [-0.39, 0.29) is 5.78 Å². The lowest BCUT2D eigenvalue weighted by atomic mass is 10.1. The van der Waals surface area contributed by atoms with Crippen LogP contribution in [0.2, 0.25) is 0 Å². The molecular weight excluding hydrogens is 328 g/mol. The van der Waals surface area contributed by atoms with Crippen LogP contribution in [-0.2, 0) is 0 Å². The van der Waals surface area contributed by atoms with Crippen molar-refractivity contribution in [1.82, 2.24) is 4.57 Å². The van der Waals surface area contributed by atoms with Gasteiger partial charge in [0.05, 0.1) is 6.54 Å². The monoisotopic (exact) mass is 346 g/mol. The SMILES string of the molecule is Cc1cc(C(=O)CNc2cccc(Br)c2)c(C)n1C1CC1. The Kier molecular flexibility index (Phi) is 3.89. The maximum Gasteiger partial charge on any atom is 0.183 e. The van der Waals surface area contributed by atoms with Crippen molar-refractivity contribution in [2.45, 2.75) is 32.7 Å². The lowest BCUT2D eigenvalue weighted by Gasteiger charge is -2.08. The molecule has 1 aromatic carbocycles. The Bertz CT molecular complexity index is 686. The van der Waals surface area contributed by atoms with Crippen molar-refractivity contribution in [3.8, 4) is 0 Å². The van der Waals surface area contributed by atoms with Gasteiger partial charge in [0.1, 0.15) is 0 Å². The van der Waals surface area contributed by atoms with E-state index in [0.29, 0.717) is 12.6 Å². The van der Waals surface area contributed by atoms with Gasteiger partial charge in [-0.1, -0.05) is 22.0 Å². The fraction of sp³-hybridized carbons (Fsp3) is 0.353. The molecule has 1 aliphatic rings. The summed E-state index contributed by atoms with van der Waals surface area (Å²) in [6.07, 6.45) is 2.47. The van der Waals surface area contributed by atoms with Crippen LogP contribution in [0, 0.1) is 13.8 Å². The molecule has 0 radical (unpaired) electrons. The summed E-state index contributed by atoms with van der Waals surface area (Å²) >= 11 is 3.43. The molecule has 1 N–H and O–H groups in total. The molecule has 0 atom stereocenters. The molecule has 2 aromatic rings. The summed E-state index contributed by atoms with van der Waals surface area (Å²) in [4.78, 5) is 12.4. The summed E-state index contributed by atoms with van der Waals surface area (Å²) < 4.78 is 3.32. The number of carbonyl (C=O) groups excluding carboxylic acids is 1. The van der Waals surface area contributed by atoms with Crippen LogP contribution in [0.25, 0.3) is 0 Å². The molecule has 1 heterocycles. The summed E-state index contributed by atoms with van der Waals surface area (Å²) in [5.41, 5.74) is 4.10. The molecule has 1 fully saturated rings. The van der Waals surface area contributed by atoms with E-state index >= 15 is 0 Å². The standard InChI is InChI=1S/C17H19BrN2O/c1-11-8-16(12(2)20(11)15-6-7-15)17(21)10-19-14-5-3-4-13(18)9-14/h3-5,8-9,15,19H,6-7,10H2,1-2H3. The van der Waals surface area contributed by atoms with Crippen molar-refractivity contribution >= 4 is 27.4 Å². The van der Waals surface area contributed by atoms with Crippen molar-refractivity contribution in [1.29, 1.82) is 0 Å². The highest BCUT2D eigenvalue weighted by atomic mass is 79.9. The minimum Gasteiger partial charge on any atom is -0.378 e. The van der Waals surface area contributed by atoms with Gasteiger partial charge in [-0.05, 0) is 51.0 Å². The number of aryl methyl sites for hydroxylation is 1. The van der Waals surface area contributed by atoms with Crippen molar-refractivity contribution < 1.29 is 4.79 Å². The highest BCUT2D eigenvalue weighted by Crippen LogP contribution is 2.38. The van der Waals surface area contributed by atoms with Gasteiger partial charge in [0.15, 0.2) is 5.78 Å². The lowest BCUT2D eigenvalue weighted by molar-refractivity contribution is 0.101. The van der Waals surface area contributed by atoms with Crippen LogP contribution in [-0.4, -0.2) is 16.9 Å². The maximum absolute atomic E-state index is 12.4. The largest absolute Gasteiger partial charge is 0.378 e. The first-order valence-corrected chi connectivity index (χ1v) is 8.06. The van der Waals surface area contributed by atoms with E-state index in [1.165, 1.54) is 18.5 Å². The van der Waals surface area contributed by atoms with Gasteiger partial charge in [0, 0.05) is 33.2 Å². The predicted octanol–water partition coefficient (Wildman–Crippen LogP) is 4.50. The number of halogens is 1. The average Bonchev–Trinajstić information content (AvgIpc) is 3.22. The minimum absolute atomic E-state index is 0.148. The van der Waals surface area contributed by atoms with E-state index < -0.39 is 0 Å². The third-order valence-electron chi connectivity index (χ3n) is 3.97. The number of benzene rings is 1. The van der Waals surface area contributed by atoms with Gasteiger partial charge in [0.25, 0.3) is 0 Å². The second-order valence-corrected chi connectivity index (χ2v) is 6.59. The zero-order valence-corrected chi connectivity index (χ0v) is 13.9. The molecule has 0 spiro atoms. The average molecular weight is 347 g/mol. The molecule has 21 heavy (non-hydrogen) atoms. The van der Waals surface area contributed by atoms with Crippen LogP contribution in [0.4, 0.5) is 5.69 Å². The highest BCUT2D eigenvalue weighted by molar-refractivity contribution is 9.10. The first-order valence-electron chi connectivity index (χ1n) is 7.27. The quantitative estimate of drug-likeness (QED) is 0.809. The molecule has 0 amide bonds. The van der Waals surface area contributed by atoms with E-state index in [1.807, 2.05) is 30.3 Å². The summed E-state index contributed by atoms with van der Waals surface area (Å²) in [7, 11) is 0. The number of carbonyl (C=O) groups is 1. The Morgan fingerprint density at radius 3 is 2.76 bits per heavy atom. The van der Waals surface area contributed by atoms with Crippen molar-refractivity contribution in [2.24, 2.45) is 0 Å². The molecule has 0 unspecified atom stereocenters. The summed E-state index contributed by atoms with van der Waals surface area (Å²) in [5, 5.41) is 3.20. The maximum atomic E-state index is 12.4. The summed E-state index contributed by atoms with van der Waals surface area (Å²) in [6, 6.07) is 10.5. The molecule has 4 heteroatoms. The number of hydrogen-bond donors (Lipinski definition) is 1. The highest BCUT2D eigenvalue weighted by Gasteiger charge is 2.28. The zero-order chi connectivity index (χ0) is 15.0. The third-order valence-corrected chi connectivity index (χ3v) is 4.47. The number of aromatic nitrogens is 1. The first-order chi connectivity index (χ1) is 10.1. The van der Waals surface area contributed by atoms with Gasteiger partial charge in [-0.2, -0.15) is 0 Å². The zero-order valence-electron chi connectivity index (χ0n) is 12.3. The molecule has 3 nitrogen and oxygen atoms in total. The number of nitrogens with zero attached hydrogens (tertiary/aromatic N) is 1. The lowest BCUT2D eigenvalue weighted by Crippen LogP contribution is -2.15. The van der Waals surface area contributed by atoms with Gasteiger partial charge in [-0.15, -0.1) is 0 Å². The van der Waals surface area contributed by atoms with E-state index in [0.717, 1.165) is 21.4 Å². The van der Waals surface area contributed by atoms with E-state index in [9.17, 15) is 4.79 Å². The van der Waals surface area contributed by atoms with Gasteiger partial charge >= 0.3 is 0 Å². The Labute approximate surface area is 133 Å². The Morgan fingerprint density at radius 2 is 2.10 bits per heavy atom. The van der Waals surface area contributed by atoms with Crippen LogP contribution in [0.15, 0.2) is 34.8 Å². The van der Waals surface area contributed by atoms with E-state index in [2.05, 4.69) is 39.7 Å². The molecule has 1 aromatic heterocycles. The Morgan fingerprint density at radius 1 is 1.33 bits per heavy atom. The van der Waals surface area contributed by atoms with Crippen LogP contribution in [0.1, 0.15) is 40.6 Å². The topological polar surface area (TPSA) is 34.0 Å². The minimum atomic E-state index is 0.148. The number of anilines is 1. The van der Waals surface area contributed by atoms with E-state index in [1.54, 1.807) is 0 Å². The number of ketones is 1. The fourth-order valence-corrected chi connectivity index (χ4v) is 3.23.